The number of rotatable bonds is 11. The fourth-order valence-corrected chi connectivity index (χ4v) is 4.62. The zero-order valence-electron chi connectivity index (χ0n) is 18.7. The first-order valence-electron chi connectivity index (χ1n) is 10.7. The van der Waals surface area contributed by atoms with Crippen LogP contribution in [0.5, 0.6) is 0 Å². The molecular formula is C25H30ClNO4S. The van der Waals surface area contributed by atoms with Crippen LogP contribution in [-0.2, 0) is 9.59 Å². The van der Waals surface area contributed by atoms with Crippen molar-refractivity contribution < 1.29 is 19.5 Å². The Kier molecular flexibility index (Phi) is 10.3. The highest BCUT2D eigenvalue weighted by atomic mass is 35.5. The molecule has 5 nitrogen and oxygen atoms in total. The molecule has 0 aliphatic rings. The van der Waals surface area contributed by atoms with Gasteiger partial charge in [-0.1, -0.05) is 62.7 Å². The third-order valence-electron chi connectivity index (χ3n) is 4.83. The molecule has 0 radical (unpaired) electrons. The lowest BCUT2D eigenvalue weighted by Gasteiger charge is -2.22. The summed E-state index contributed by atoms with van der Waals surface area (Å²) >= 11 is 7.82. The van der Waals surface area contributed by atoms with Gasteiger partial charge < -0.3 is 5.11 Å². The average Bonchev–Trinajstić information content (AvgIpc) is 2.76. The lowest BCUT2D eigenvalue weighted by Crippen LogP contribution is -2.39. The number of hydrogen-bond donors (Lipinski definition) is 1. The number of carbonyl (C=O) groups excluding carboxylic acids is 2. The molecule has 0 fully saturated rings. The van der Waals surface area contributed by atoms with Crippen LogP contribution >= 0.6 is 23.4 Å². The fourth-order valence-electron chi connectivity index (χ4n) is 3.22. The van der Waals surface area contributed by atoms with E-state index in [0.29, 0.717) is 28.7 Å². The maximum atomic E-state index is 13.2. The molecule has 2 aromatic carbocycles. The van der Waals surface area contributed by atoms with Crippen LogP contribution in [-0.4, -0.2) is 45.8 Å². The van der Waals surface area contributed by atoms with Gasteiger partial charge >= 0.3 is 5.97 Å². The number of thioether (sulfide) groups is 1. The van der Waals surface area contributed by atoms with Crippen LogP contribution in [0.15, 0.2) is 48.5 Å². The predicted molar refractivity (Wildman–Crippen MR) is 131 cm³/mol. The highest BCUT2D eigenvalue weighted by Gasteiger charge is 2.28. The number of aliphatic carboxylic acids is 1. The van der Waals surface area contributed by atoms with Crippen LogP contribution in [0.1, 0.15) is 44.0 Å². The molecular weight excluding hydrogens is 446 g/mol. The van der Waals surface area contributed by atoms with Crippen LogP contribution in [0.3, 0.4) is 0 Å². The number of hydrogen-bond acceptors (Lipinski definition) is 4. The van der Waals surface area contributed by atoms with Crippen molar-refractivity contribution in [3.05, 3.63) is 59.1 Å². The van der Waals surface area contributed by atoms with Crippen molar-refractivity contribution in [1.29, 1.82) is 0 Å². The topological polar surface area (TPSA) is 74.7 Å². The molecule has 0 saturated heterocycles. The van der Waals surface area contributed by atoms with Crippen molar-refractivity contribution in [3.63, 3.8) is 0 Å². The number of imide groups is 1. The van der Waals surface area contributed by atoms with E-state index in [1.165, 1.54) is 16.7 Å². The van der Waals surface area contributed by atoms with Gasteiger partial charge in [0.2, 0.25) is 5.91 Å². The van der Waals surface area contributed by atoms with Crippen molar-refractivity contribution in [3.8, 4) is 11.1 Å². The van der Waals surface area contributed by atoms with E-state index in [2.05, 4.69) is 13.8 Å². The molecule has 172 valence electrons. The molecule has 0 unspecified atom stereocenters. The fraction of sp³-hybridized carbons (Fsp3) is 0.400. The van der Waals surface area contributed by atoms with Gasteiger partial charge in [-0.3, -0.25) is 19.3 Å². The smallest absolute Gasteiger partial charge is 0.307 e. The highest BCUT2D eigenvalue weighted by molar-refractivity contribution is 7.99. The van der Waals surface area contributed by atoms with E-state index in [-0.39, 0.29) is 13.0 Å². The van der Waals surface area contributed by atoms with Gasteiger partial charge in [-0.25, -0.2) is 0 Å². The summed E-state index contributed by atoms with van der Waals surface area (Å²) in [4.78, 5) is 39.1. The zero-order chi connectivity index (χ0) is 23.7. The number of halogens is 1. The Hall–Kier alpha value is -2.31. The number of nitrogens with zero attached hydrogens (tertiary/aromatic N) is 1. The van der Waals surface area contributed by atoms with Crippen molar-refractivity contribution in [2.75, 3.05) is 18.1 Å². The van der Waals surface area contributed by atoms with E-state index in [1.54, 1.807) is 24.3 Å². The molecule has 0 aromatic heterocycles. The summed E-state index contributed by atoms with van der Waals surface area (Å²) in [6.45, 7) is 6.24. The lowest BCUT2D eigenvalue weighted by molar-refractivity contribution is -0.144. The van der Waals surface area contributed by atoms with E-state index < -0.39 is 23.7 Å². The minimum Gasteiger partial charge on any atom is -0.481 e. The quantitative estimate of drug-likeness (QED) is 0.440. The Morgan fingerprint density at radius 3 is 2.41 bits per heavy atom. The molecule has 0 saturated carbocycles. The summed E-state index contributed by atoms with van der Waals surface area (Å²) in [6, 6.07) is 14.3. The molecule has 1 N–H and O–H groups in total. The first-order valence-corrected chi connectivity index (χ1v) is 12.3. The van der Waals surface area contributed by atoms with Crippen molar-refractivity contribution in [1.82, 2.24) is 4.90 Å². The van der Waals surface area contributed by atoms with Gasteiger partial charge in [0.05, 0.1) is 5.92 Å². The van der Waals surface area contributed by atoms with Gasteiger partial charge in [-0.2, -0.15) is 11.8 Å². The summed E-state index contributed by atoms with van der Waals surface area (Å²) in [5.74, 6) is -1.12. The van der Waals surface area contributed by atoms with Crippen LogP contribution in [0, 0.1) is 11.8 Å². The van der Waals surface area contributed by atoms with Gasteiger partial charge in [0.15, 0.2) is 0 Å². The summed E-state index contributed by atoms with van der Waals surface area (Å²) in [5.41, 5.74) is 1.94. The minimum atomic E-state index is -1.01. The van der Waals surface area contributed by atoms with Crippen molar-refractivity contribution in [2.45, 2.75) is 33.6 Å². The zero-order valence-corrected chi connectivity index (χ0v) is 20.3. The molecule has 0 heterocycles. The van der Waals surface area contributed by atoms with Gasteiger partial charge in [-0.05, 0) is 41.9 Å². The second-order valence-corrected chi connectivity index (χ2v) is 9.56. The van der Waals surface area contributed by atoms with E-state index in [4.69, 9.17) is 11.6 Å². The molecule has 32 heavy (non-hydrogen) atoms. The first kappa shape index (κ1) is 25.9. The van der Waals surface area contributed by atoms with E-state index >= 15 is 0 Å². The Bertz CT molecular complexity index is 947. The Morgan fingerprint density at radius 1 is 1.06 bits per heavy atom. The second kappa shape index (κ2) is 12.7. The minimum absolute atomic E-state index is 0.198. The number of carboxylic acids is 1. The number of carboxylic acid groups (broad SMARTS) is 1. The average molecular weight is 476 g/mol. The van der Waals surface area contributed by atoms with Crippen LogP contribution in [0.25, 0.3) is 11.1 Å². The monoisotopic (exact) mass is 475 g/mol. The second-order valence-electron chi connectivity index (χ2n) is 8.08. The summed E-state index contributed by atoms with van der Waals surface area (Å²) in [7, 11) is 0. The largest absolute Gasteiger partial charge is 0.481 e. The third kappa shape index (κ3) is 7.38. The molecule has 1 atom stereocenters. The highest BCUT2D eigenvalue weighted by Crippen LogP contribution is 2.28. The van der Waals surface area contributed by atoms with Gasteiger partial charge in [0.1, 0.15) is 0 Å². The first-order chi connectivity index (χ1) is 15.2. The standard InChI is InChI=1S/C25H30ClNO4S/c1-4-12-27(23(28)14-20(25(30)31)16-32-15-17(2)3)24(29)19-9-7-8-18(13-19)21-10-5-6-11-22(21)26/h5-11,13,17,20H,4,12,14-16H2,1-3H3,(H,30,31)/t20-/m0/s1. The molecule has 2 rings (SSSR count). The molecule has 0 aliphatic carbocycles. The van der Waals surface area contributed by atoms with Gasteiger partial charge in [0, 0.05) is 34.9 Å². The normalized spacial score (nSPS) is 11.9. The van der Waals surface area contributed by atoms with Crippen molar-refractivity contribution in [2.24, 2.45) is 11.8 Å². The van der Waals surface area contributed by atoms with Gasteiger partial charge in [-0.15, -0.1) is 0 Å². The number of carbonyl (C=O) groups is 3. The van der Waals surface area contributed by atoms with Crippen molar-refractivity contribution >= 4 is 41.1 Å². The summed E-state index contributed by atoms with van der Waals surface area (Å²) in [6.07, 6.45) is 0.387. The Morgan fingerprint density at radius 2 is 1.78 bits per heavy atom. The summed E-state index contributed by atoms with van der Waals surface area (Å²) < 4.78 is 0. The van der Waals surface area contributed by atoms with Crippen LogP contribution in [0.2, 0.25) is 5.02 Å². The Balaban J connectivity index is 2.21. The number of amides is 2. The third-order valence-corrected chi connectivity index (χ3v) is 6.70. The van der Waals surface area contributed by atoms with E-state index in [9.17, 15) is 19.5 Å². The van der Waals surface area contributed by atoms with Crippen LogP contribution in [0.4, 0.5) is 0 Å². The molecule has 2 amide bonds. The SMILES string of the molecule is CCCN(C(=O)C[C@@H](CSCC(C)C)C(=O)O)C(=O)c1cccc(-c2ccccc2Cl)c1. The van der Waals surface area contributed by atoms with E-state index in [0.717, 1.165) is 16.9 Å². The molecule has 0 bridgehead atoms. The molecule has 0 aliphatic heterocycles. The number of benzene rings is 2. The predicted octanol–water partition coefficient (Wildman–Crippen LogP) is 5.87. The summed E-state index contributed by atoms with van der Waals surface area (Å²) in [5, 5.41) is 10.1. The Labute approximate surface area is 199 Å². The van der Waals surface area contributed by atoms with Crippen LogP contribution < -0.4 is 0 Å². The maximum Gasteiger partial charge on any atom is 0.307 e. The lowest BCUT2D eigenvalue weighted by atomic mass is 10.0. The molecule has 2 aromatic rings. The molecule has 7 heteroatoms. The van der Waals surface area contributed by atoms with E-state index in [1.807, 2.05) is 31.2 Å². The molecule has 0 spiro atoms. The van der Waals surface area contributed by atoms with Gasteiger partial charge in [0.25, 0.3) is 5.91 Å². The maximum absolute atomic E-state index is 13.2.